The number of carbonyl (C=O) groups excluding carboxylic acids is 3. The molecule has 1 aromatic heterocycles. The summed E-state index contributed by atoms with van der Waals surface area (Å²) in [6, 6.07) is 18.5. The number of thioether (sulfide) groups is 1. The Hall–Kier alpha value is -3.59. The van der Waals surface area contributed by atoms with Crippen molar-refractivity contribution in [3.05, 3.63) is 77.6 Å². The zero-order chi connectivity index (χ0) is 24.3. The summed E-state index contributed by atoms with van der Waals surface area (Å²) in [4.78, 5) is 42.0. The molecule has 0 radical (unpaired) electrons. The molecule has 4 rings (SSSR count). The fourth-order valence-corrected chi connectivity index (χ4v) is 4.46. The van der Waals surface area contributed by atoms with Gasteiger partial charge in [0.15, 0.2) is 5.69 Å². The molecular formula is C25H26N4O4S. The van der Waals surface area contributed by atoms with Crippen molar-refractivity contribution in [1.29, 1.82) is 0 Å². The number of hydrogen-bond donors (Lipinski definition) is 1. The molecule has 176 valence electrons. The van der Waals surface area contributed by atoms with Crippen LogP contribution < -0.4 is 10.2 Å². The number of hydrogen-bond acceptors (Lipinski definition) is 6. The summed E-state index contributed by atoms with van der Waals surface area (Å²) in [5, 5.41) is 7.26. The summed E-state index contributed by atoms with van der Waals surface area (Å²) in [5.74, 6) is -1.34. The van der Waals surface area contributed by atoms with E-state index < -0.39 is 17.4 Å². The highest BCUT2D eigenvalue weighted by atomic mass is 32.2. The molecule has 2 amide bonds. The van der Waals surface area contributed by atoms with E-state index >= 15 is 0 Å². The summed E-state index contributed by atoms with van der Waals surface area (Å²) in [6.45, 7) is 4.02. The summed E-state index contributed by atoms with van der Waals surface area (Å²) in [6.07, 6.45) is 1.95. The Bertz CT molecular complexity index is 1230. The molecule has 3 aromatic rings. The van der Waals surface area contributed by atoms with Crippen LogP contribution in [0, 0.1) is 0 Å². The number of anilines is 1. The first kappa shape index (κ1) is 23.6. The van der Waals surface area contributed by atoms with Gasteiger partial charge in [-0.25, -0.2) is 4.79 Å². The second-order valence-electron chi connectivity index (χ2n) is 8.08. The van der Waals surface area contributed by atoms with Gasteiger partial charge in [0.05, 0.1) is 13.2 Å². The lowest BCUT2D eigenvalue weighted by Gasteiger charge is -2.43. The smallest absolute Gasteiger partial charge is 0.358 e. The summed E-state index contributed by atoms with van der Waals surface area (Å²) >= 11 is 1.55. The van der Waals surface area contributed by atoms with E-state index in [9.17, 15) is 14.4 Å². The predicted octanol–water partition coefficient (Wildman–Crippen LogP) is 3.52. The molecule has 0 fully saturated rings. The van der Waals surface area contributed by atoms with E-state index in [-0.39, 0.29) is 30.4 Å². The SMILES string of the molecule is CCOC(=O)c1cc2n(n1)C[C@@](C)(C(=O)NCc1ccccc1)N(c1cccc(SC)c1)C2=O. The van der Waals surface area contributed by atoms with Gasteiger partial charge in [0.25, 0.3) is 5.91 Å². The molecule has 0 saturated heterocycles. The van der Waals surface area contributed by atoms with Crippen LogP contribution in [0.5, 0.6) is 0 Å². The maximum Gasteiger partial charge on any atom is 0.358 e. The number of benzene rings is 2. The van der Waals surface area contributed by atoms with Crippen molar-refractivity contribution in [3.63, 3.8) is 0 Å². The van der Waals surface area contributed by atoms with Crippen LogP contribution in [0.2, 0.25) is 0 Å². The van der Waals surface area contributed by atoms with Gasteiger partial charge in [-0.1, -0.05) is 36.4 Å². The van der Waals surface area contributed by atoms with Crippen LogP contribution in [0.25, 0.3) is 0 Å². The minimum absolute atomic E-state index is 0.0389. The average Bonchev–Trinajstić information content (AvgIpc) is 3.27. The number of amides is 2. The maximum absolute atomic E-state index is 13.7. The van der Waals surface area contributed by atoms with Crippen molar-refractivity contribution >= 4 is 35.2 Å². The Morgan fingerprint density at radius 2 is 1.91 bits per heavy atom. The minimum Gasteiger partial charge on any atom is -0.461 e. The average molecular weight is 479 g/mol. The number of esters is 1. The van der Waals surface area contributed by atoms with E-state index in [1.807, 2.05) is 54.8 Å². The number of nitrogens with zero attached hydrogens (tertiary/aromatic N) is 3. The molecule has 0 aliphatic carbocycles. The highest BCUT2D eigenvalue weighted by molar-refractivity contribution is 7.98. The van der Waals surface area contributed by atoms with Crippen LogP contribution >= 0.6 is 11.8 Å². The third kappa shape index (κ3) is 4.43. The molecule has 2 heterocycles. The van der Waals surface area contributed by atoms with E-state index in [4.69, 9.17) is 4.74 Å². The summed E-state index contributed by atoms with van der Waals surface area (Å²) < 4.78 is 6.47. The Morgan fingerprint density at radius 3 is 2.62 bits per heavy atom. The molecule has 0 bridgehead atoms. The second kappa shape index (κ2) is 9.72. The van der Waals surface area contributed by atoms with Gasteiger partial charge in [-0.05, 0) is 43.9 Å². The lowest BCUT2D eigenvalue weighted by molar-refractivity contribution is -0.126. The lowest BCUT2D eigenvalue weighted by atomic mass is 9.94. The fourth-order valence-electron chi connectivity index (χ4n) is 4.01. The molecule has 0 unspecified atom stereocenters. The highest BCUT2D eigenvalue weighted by Gasteiger charge is 2.49. The first-order chi connectivity index (χ1) is 16.4. The van der Waals surface area contributed by atoms with Gasteiger partial charge >= 0.3 is 5.97 Å². The van der Waals surface area contributed by atoms with E-state index in [2.05, 4.69) is 10.4 Å². The van der Waals surface area contributed by atoms with Gasteiger partial charge in [0, 0.05) is 23.2 Å². The molecule has 0 spiro atoms. The first-order valence-electron chi connectivity index (χ1n) is 10.9. The molecular weight excluding hydrogens is 452 g/mol. The number of ether oxygens (including phenoxy) is 1. The largest absolute Gasteiger partial charge is 0.461 e. The Labute approximate surface area is 202 Å². The van der Waals surface area contributed by atoms with Crippen LogP contribution in [0.15, 0.2) is 65.6 Å². The second-order valence-corrected chi connectivity index (χ2v) is 8.96. The normalized spacial score (nSPS) is 17.3. The number of aromatic nitrogens is 2. The molecule has 1 aliphatic heterocycles. The molecule has 1 atom stereocenters. The zero-order valence-electron chi connectivity index (χ0n) is 19.3. The van der Waals surface area contributed by atoms with Crippen molar-refractivity contribution < 1.29 is 19.1 Å². The van der Waals surface area contributed by atoms with Crippen molar-refractivity contribution in [1.82, 2.24) is 15.1 Å². The van der Waals surface area contributed by atoms with E-state index in [0.717, 1.165) is 10.5 Å². The van der Waals surface area contributed by atoms with Crippen molar-refractivity contribution in [2.45, 2.75) is 37.4 Å². The van der Waals surface area contributed by atoms with E-state index in [1.54, 1.807) is 31.7 Å². The van der Waals surface area contributed by atoms with E-state index in [1.165, 1.54) is 15.6 Å². The van der Waals surface area contributed by atoms with Crippen LogP contribution in [0.4, 0.5) is 5.69 Å². The topological polar surface area (TPSA) is 93.5 Å². The van der Waals surface area contributed by atoms with Gasteiger partial charge in [0.2, 0.25) is 5.91 Å². The molecule has 0 saturated carbocycles. The minimum atomic E-state index is -1.28. The maximum atomic E-state index is 13.7. The molecule has 8 nitrogen and oxygen atoms in total. The van der Waals surface area contributed by atoms with E-state index in [0.29, 0.717) is 12.2 Å². The molecule has 1 aliphatic rings. The quantitative estimate of drug-likeness (QED) is 0.413. The molecule has 2 aromatic carbocycles. The Morgan fingerprint density at radius 1 is 1.15 bits per heavy atom. The van der Waals surface area contributed by atoms with Crippen LogP contribution in [0.3, 0.4) is 0 Å². The highest BCUT2D eigenvalue weighted by Crippen LogP contribution is 2.34. The monoisotopic (exact) mass is 478 g/mol. The van der Waals surface area contributed by atoms with Crippen molar-refractivity contribution in [2.75, 3.05) is 17.8 Å². The Kier molecular flexibility index (Phi) is 6.74. The molecule has 1 N–H and O–H groups in total. The Balaban J connectivity index is 1.74. The zero-order valence-corrected chi connectivity index (χ0v) is 20.1. The van der Waals surface area contributed by atoms with Crippen molar-refractivity contribution in [2.24, 2.45) is 0 Å². The third-order valence-electron chi connectivity index (χ3n) is 5.73. The van der Waals surface area contributed by atoms with Crippen molar-refractivity contribution in [3.8, 4) is 0 Å². The predicted molar refractivity (Wildman–Crippen MR) is 130 cm³/mol. The van der Waals surface area contributed by atoms with Crippen LogP contribution in [0.1, 0.15) is 40.4 Å². The van der Waals surface area contributed by atoms with Gasteiger partial charge in [-0.3, -0.25) is 19.2 Å². The fraction of sp³-hybridized carbons (Fsp3) is 0.280. The third-order valence-corrected chi connectivity index (χ3v) is 6.46. The standard InChI is InChI=1S/C25H26N4O4S/c1-4-33-23(31)20-14-21-22(30)29(18-11-8-12-19(13-18)34-3)25(2,16-28(21)27-20)24(32)26-15-17-9-6-5-7-10-17/h5-14H,4,15-16H2,1-3H3,(H,26,32)/t25-/m0/s1. The van der Waals surface area contributed by atoms with Gasteiger partial charge in [-0.15, -0.1) is 11.8 Å². The van der Waals surface area contributed by atoms with Crippen LogP contribution in [-0.4, -0.2) is 46.0 Å². The van der Waals surface area contributed by atoms with Gasteiger partial charge in [0.1, 0.15) is 11.2 Å². The van der Waals surface area contributed by atoms with Crippen LogP contribution in [-0.2, 0) is 22.6 Å². The first-order valence-corrected chi connectivity index (χ1v) is 12.2. The van der Waals surface area contributed by atoms with Gasteiger partial charge in [-0.2, -0.15) is 5.10 Å². The molecule has 9 heteroatoms. The summed E-state index contributed by atoms with van der Waals surface area (Å²) in [7, 11) is 0. The number of rotatable bonds is 7. The summed E-state index contributed by atoms with van der Waals surface area (Å²) in [5.41, 5.74) is 0.526. The lowest BCUT2D eigenvalue weighted by Crippen LogP contribution is -2.64. The van der Waals surface area contributed by atoms with Gasteiger partial charge < -0.3 is 10.1 Å². The number of carbonyl (C=O) groups is 3. The molecule has 34 heavy (non-hydrogen) atoms. The number of nitrogens with one attached hydrogen (secondary N) is 1. The number of fused-ring (bicyclic) bond motifs is 1.